The second-order valence-electron chi connectivity index (χ2n) is 4.56. The third-order valence-corrected chi connectivity index (χ3v) is 3.70. The fraction of sp³-hybridized carbons (Fsp3) is 1.00. The first-order valence-electron chi connectivity index (χ1n) is 5.13. The molecule has 0 aromatic heterocycles. The molecule has 0 saturated heterocycles. The molecule has 0 heterocycles. The van der Waals surface area contributed by atoms with Crippen LogP contribution in [0.4, 0.5) is 0 Å². The van der Waals surface area contributed by atoms with Crippen LogP contribution in [0.15, 0.2) is 0 Å². The zero-order chi connectivity index (χ0) is 10.7. The number of hydrogen-bond donors (Lipinski definition) is 2. The molecule has 0 bridgehead atoms. The zero-order valence-electron chi connectivity index (χ0n) is 8.75. The van der Waals surface area contributed by atoms with Gasteiger partial charge < -0.3 is 5.32 Å². The second kappa shape index (κ2) is 4.59. The molecule has 14 heavy (non-hydrogen) atoms. The van der Waals surface area contributed by atoms with Gasteiger partial charge >= 0.3 is 0 Å². The molecular formula is C9H20N2O2S. The summed E-state index contributed by atoms with van der Waals surface area (Å²) in [5, 5.41) is 8.06. The lowest BCUT2D eigenvalue weighted by atomic mass is 9.89. The first-order chi connectivity index (χ1) is 6.41. The molecule has 0 amide bonds. The molecule has 0 atom stereocenters. The Balaban J connectivity index is 2.15. The van der Waals surface area contributed by atoms with Crippen LogP contribution >= 0.6 is 0 Å². The van der Waals surface area contributed by atoms with E-state index in [2.05, 4.69) is 12.2 Å². The molecule has 1 saturated carbocycles. The summed E-state index contributed by atoms with van der Waals surface area (Å²) in [6, 6.07) is 0. The van der Waals surface area contributed by atoms with E-state index in [0.29, 0.717) is 12.0 Å². The van der Waals surface area contributed by atoms with Crippen molar-refractivity contribution in [3.63, 3.8) is 0 Å². The van der Waals surface area contributed by atoms with Gasteiger partial charge in [0, 0.05) is 13.1 Å². The maximum absolute atomic E-state index is 10.6. The normalized spacial score (nSPS) is 21.3. The highest BCUT2D eigenvalue weighted by atomic mass is 32.2. The van der Waals surface area contributed by atoms with Crippen molar-refractivity contribution in [1.82, 2.24) is 5.32 Å². The lowest BCUT2D eigenvalue weighted by molar-refractivity contribution is 0.319. The summed E-state index contributed by atoms with van der Waals surface area (Å²) in [6.45, 7) is 3.63. The Hall–Kier alpha value is -0.130. The molecule has 0 aliphatic heterocycles. The van der Waals surface area contributed by atoms with Gasteiger partial charge in [-0.1, -0.05) is 19.8 Å². The fourth-order valence-corrected chi connectivity index (χ4v) is 2.44. The Bertz CT molecular complexity index is 269. The van der Waals surface area contributed by atoms with Gasteiger partial charge in [-0.3, -0.25) is 0 Å². The van der Waals surface area contributed by atoms with Gasteiger partial charge in [-0.15, -0.1) is 0 Å². The highest BCUT2D eigenvalue weighted by molar-refractivity contribution is 7.89. The Kier molecular flexibility index (Phi) is 3.92. The van der Waals surface area contributed by atoms with E-state index in [1.54, 1.807) is 0 Å². The molecule has 1 aliphatic carbocycles. The van der Waals surface area contributed by atoms with Gasteiger partial charge in [0.25, 0.3) is 0 Å². The first kappa shape index (κ1) is 11.9. The summed E-state index contributed by atoms with van der Waals surface area (Å²) < 4.78 is 21.3. The van der Waals surface area contributed by atoms with E-state index in [1.807, 2.05) is 0 Å². The summed E-state index contributed by atoms with van der Waals surface area (Å²) >= 11 is 0. The summed E-state index contributed by atoms with van der Waals surface area (Å²) in [5.41, 5.74) is 0.373. The van der Waals surface area contributed by atoms with Crippen LogP contribution in [-0.2, 0) is 10.0 Å². The topological polar surface area (TPSA) is 72.2 Å². The van der Waals surface area contributed by atoms with Crippen molar-refractivity contribution in [1.29, 1.82) is 0 Å². The van der Waals surface area contributed by atoms with E-state index in [-0.39, 0.29) is 5.75 Å². The van der Waals surface area contributed by atoms with E-state index in [0.717, 1.165) is 6.54 Å². The average molecular weight is 220 g/mol. The Morgan fingerprint density at radius 2 is 1.93 bits per heavy atom. The number of rotatable bonds is 5. The Morgan fingerprint density at radius 1 is 1.36 bits per heavy atom. The third-order valence-electron chi connectivity index (χ3n) is 2.93. The first-order valence-corrected chi connectivity index (χ1v) is 6.84. The van der Waals surface area contributed by atoms with Gasteiger partial charge in [-0.25, -0.2) is 13.6 Å². The molecule has 1 aliphatic rings. The maximum atomic E-state index is 10.6. The molecule has 3 N–H and O–H groups in total. The molecule has 1 rings (SSSR count). The largest absolute Gasteiger partial charge is 0.315 e. The minimum atomic E-state index is -3.30. The Labute approximate surface area is 86.3 Å². The highest BCUT2D eigenvalue weighted by Gasteiger charge is 2.27. The number of nitrogens with two attached hydrogens (primary N) is 1. The monoisotopic (exact) mass is 220 g/mol. The van der Waals surface area contributed by atoms with Crippen molar-refractivity contribution in [3.8, 4) is 0 Å². The molecule has 0 unspecified atom stereocenters. The zero-order valence-corrected chi connectivity index (χ0v) is 9.57. The van der Waals surface area contributed by atoms with Gasteiger partial charge in [0.15, 0.2) is 0 Å². The smallest absolute Gasteiger partial charge is 0.210 e. The van der Waals surface area contributed by atoms with E-state index < -0.39 is 10.0 Å². The van der Waals surface area contributed by atoms with Crippen LogP contribution in [0.2, 0.25) is 0 Å². The molecule has 4 nitrogen and oxygen atoms in total. The summed E-state index contributed by atoms with van der Waals surface area (Å²) in [6.07, 6.45) is 5.09. The lowest BCUT2D eigenvalue weighted by Crippen LogP contribution is -2.34. The van der Waals surface area contributed by atoms with Crippen molar-refractivity contribution in [3.05, 3.63) is 0 Å². The second-order valence-corrected chi connectivity index (χ2v) is 6.30. The van der Waals surface area contributed by atoms with Crippen LogP contribution in [0, 0.1) is 5.41 Å². The van der Waals surface area contributed by atoms with Gasteiger partial charge in [0.2, 0.25) is 10.0 Å². The van der Waals surface area contributed by atoms with E-state index >= 15 is 0 Å². The molecule has 0 aromatic rings. The standard InChI is InChI=1S/C9H20N2O2S/c1-9(4-2-3-5-9)8-11-6-7-14(10,12)13/h11H,2-8H2,1H3,(H2,10,12,13). The lowest BCUT2D eigenvalue weighted by Gasteiger charge is -2.23. The van der Waals surface area contributed by atoms with Gasteiger partial charge in [0.1, 0.15) is 0 Å². The molecule has 0 aromatic carbocycles. The van der Waals surface area contributed by atoms with Crippen molar-refractivity contribution in [2.24, 2.45) is 10.6 Å². The number of primary sulfonamides is 1. The summed E-state index contributed by atoms with van der Waals surface area (Å²) in [4.78, 5) is 0. The average Bonchev–Trinajstić information content (AvgIpc) is 2.45. The predicted octanol–water partition coefficient (Wildman–Crippen LogP) is 0.445. The van der Waals surface area contributed by atoms with Gasteiger partial charge in [-0.05, 0) is 18.3 Å². The molecule has 1 fully saturated rings. The minimum absolute atomic E-state index is 0.0308. The number of hydrogen-bond acceptors (Lipinski definition) is 3. The number of sulfonamides is 1. The fourth-order valence-electron chi connectivity index (χ4n) is 2.01. The molecule has 0 radical (unpaired) electrons. The maximum Gasteiger partial charge on any atom is 0.210 e. The highest BCUT2D eigenvalue weighted by Crippen LogP contribution is 2.36. The van der Waals surface area contributed by atoms with Crippen LogP contribution in [-0.4, -0.2) is 27.3 Å². The predicted molar refractivity (Wildman–Crippen MR) is 57.4 cm³/mol. The van der Waals surface area contributed by atoms with Crippen LogP contribution in [0.1, 0.15) is 32.6 Å². The van der Waals surface area contributed by atoms with Gasteiger partial charge in [-0.2, -0.15) is 0 Å². The molecular weight excluding hydrogens is 200 g/mol. The van der Waals surface area contributed by atoms with Crippen LogP contribution in [0.25, 0.3) is 0 Å². The van der Waals surface area contributed by atoms with Crippen molar-refractivity contribution >= 4 is 10.0 Å². The quantitative estimate of drug-likeness (QED) is 0.661. The molecule has 0 spiro atoms. The van der Waals surface area contributed by atoms with E-state index in [1.165, 1.54) is 25.7 Å². The number of nitrogens with one attached hydrogen (secondary N) is 1. The van der Waals surface area contributed by atoms with Crippen molar-refractivity contribution in [2.75, 3.05) is 18.8 Å². The SMILES string of the molecule is CC1(CNCCS(N)(=O)=O)CCCC1. The van der Waals surface area contributed by atoms with Crippen LogP contribution in [0.3, 0.4) is 0 Å². The van der Waals surface area contributed by atoms with Gasteiger partial charge in [0.05, 0.1) is 5.75 Å². The molecule has 5 heteroatoms. The van der Waals surface area contributed by atoms with E-state index in [4.69, 9.17) is 5.14 Å². The Morgan fingerprint density at radius 3 is 2.43 bits per heavy atom. The third kappa shape index (κ3) is 4.39. The van der Waals surface area contributed by atoms with Crippen molar-refractivity contribution < 1.29 is 8.42 Å². The summed E-state index contributed by atoms with van der Waals surface area (Å²) in [5.74, 6) is 0.0308. The van der Waals surface area contributed by atoms with Crippen LogP contribution < -0.4 is 10.5 Å². The van der Waals surface area contributed by atoms with Crippen molar-refractivity contribution in [2.45, 2.75) is 32.6 Å². The minimum Gasteiger partial charge on any atom is -0.315 e. The molecule has 84 valence electrons. The summed E-state index contributed by atoms with van der Waals surface area (Å²) in [7, 11) is -3.30. The van der Waals surface area contributed by atoms with Crippen LogP contribution in [0.5, 0.6) is 0 Å². The van der Waals surface area contributed by atoms with E-state index in [9.17, 15) is 8.42 Å².